The van der Waals surface area contributed by atoms with E-state index in [1.807, 2.05) is 41.3 Å². The summed E-state index contributed by atoms with van der Waals surface area (Å²) in [5.41, 5.74) is 3.18. The van der Waals surface area contributed by atoms with Crippen LogP contribution in [0.3, 0.4) is 0 Å². The van der Waals surface area contributed by atoms with Gasteiger partial charge in [-0.05, 0) is 30.9 Å². The third kappa shape index (κ3) is 2.52. The van der Waals surface area contributed by atoms with Crippen LogP contribution in [-0.4, -0.2) is 24.1 Å². The molecular formula is C20H22N2O2. The fourth-order valence-corrected chi connectivity index (χ4v) is 4.06. The van der Waals surface area contributed by atoms with Gasteiger partial charge in [0, 0.05) is 24.3 Å². The number of nitrogens with one attached hydrogen (secondary N) is 1. The van der Waals surface area contributed by atoms with Crippen LogP contribution in [0, 0.1) is 0 Å². The van der Waals surface area contributed by atoms with E-state index in [0.717, 1.165) is 43.6 Å². The lowest BCUT2D eigenvalue weighted by Crippen LogP contribution is -2.48. The molecular weight excluding hydrogens is 300 g/mol. The average molecular weight is 322 g/mol. The Labute approximate surface area is 142 Å². The Morgan fingerprint density at radius 2 is 1.88 bits per heavy atom. The number of nitrogens with zero attached hydrogens (tertiary/aromatic N) is 1. The van der Waals surface area contributed by atoms with Crippen molar-refractivity contribution in [3.05, 3.63) is 65.7 Å². The van der Waals surface area contributed by atoms with Crippen LogP contribution in [0.25, 0.3) is 0 Å². The maximum absolute atomic E-state index is 12.8. The molecule has 1 amide bonds. The molecule has 4 rings (SSSR count). The zero-order valence-electron chi connectivity index (χ0n) is 13.7. The minimum Gasteiger partial charge on any atom is -0.445 e. The quantitative estimate of drug-likeness (QED) is 0.904. The molecule has 4 heteroatoms. The fraction of sp³-hybridized carbons (Fsp3) is 0.350. The van der Waals surface area contributed by atoms with Gasteiger partial charge in [0.2, 0.25) is 0 Å². The van der Waals surface area contributed by atoms with Gasteiger partial charge in [-0.15, -0.1) is 0 Å². The van der Waals surface area contributed by atoms with E-state index in [2.05, 4.69) is 23.5 Å². The number of ether oxygens (including phenoxy) is 1. The number of carbonyl (C=O) groups excluding carboxylic acids is 1. The first kappa shape index (κ1) is 15.1. The third-order valence-electron chi connectivity index (χ3n) is 5.20. The maximum Gasteiger partial charge on any atom is 0.410 e. The molecule has 2 aromatic rings. The number of rotatable bonds is 2. The van der Waals surface area contributed by atoms with E-state index in [-0.39, 0.29) is 11.6 Å². The molecule has 124 valence electrons. The van der Waals surface area contributed by atoms with Crippen molar-refractivity contribution in [2.75, 3.05) is 18.4 Å². The molecule has 2 heterocycles. The van der Waals surface area contributed by atoms with Crippen molar-refractivity contribution in [3.8, 4) is 0 Å². The third-order valence-corrected chi connectivity index (χ3v) is 5.20. The van der Waals surface area contributed by atoms with Crippen LogP contribution >= 0.6 is 0 Å². The Morgan fingerprint density at radius 1 is 1.08 bits per heavy atom. The van der Waals surface area contributed by atoms with E-state index in [1.165, 1.54) is 5.56 Å². The van der Waals surface area contributed by atoms with E-state index in [1.54, 1.807) is 0 Å². The van der Waals surface area contributed by atoms with Gasteiger partial charge in [0.25, 0.3) is 0 Å². The number of amides is 1. The molecule has 0 aromatic heterocycles. The first-order valence-corrected chi connectivity index (χ1v) is 8.61. The summed E-state index contributed by atoms with van der Waals surface area (Å²) in [5.74, 6) is 0. The highest BCUT2D eigenvalue weighted by Crippen LogP contribution is 2.47. The van der Waals surface area contributed by atoms with Crippen molar-refractivity contribution in [1.82, 2.24) is 4.90 Å². The van der Waals surface area contributed by atoms with Crippen LogP contribution in [0.15, 0.2) is 54.6 Å². The highest BCUT2D eigenvalue weighted by molar-refractivity contribution is 5.71. The second-order valence-corrected chi connectivity index (χ2v) is 6.55. The first-order chi connectivity index (χ1) is 11.8. The number of hydrogen-bond donors (Lipinski definition) is 1. The maximum atomic E-state index is 12.8. The number of carbonyl (C=O) groups is 1. The molecule has 2 aromatic carbocycles. The lowest BCUT2D eigenvalue weighted by atomic mass is 9.81. The van der Waals surface area contributed by atoms with Crippen LogP contribution in [0.5, 0.6) is 0 Å². The molecule has 0 aliphatic carbocycles. The van der Waals surface area contributed by atoms with Crippen LogP contribution in [0.1, 0.15) is 30.4 Å². The summed E-state index contributed by atoms with van der Waals surface area (Å²) >= 11 is 0. The first-order valence-electron chi connectivity index (χ1n) is 8.61. The zero-order chi connectivity index (χ0) is 16.4. The van der Waals surface area contributed by atoms with Gasteiger partial charge < -0.3 is 10.1 Å². The number of likely N-dealkylation sites (tertiary alicyclic amines) is 1. The summed E-state index contributed by atoms with van der Waals surface area (Å²) in [7, 11) is 0. The molecule has 2 aliphatic heterocycles. The van der Waals surface area contributed by atoms with E-state index >= 15 is 0 Å². The molecule has 1 atom stereocenters. The van der Waals surface area contributed by atoms with Crippen LogP contribution < -0.4 is 5.32 Å². The monoisotopic (exact) mass is 322 g/mol. The number of anilines is 1. The molecule has 2 aliphatic rings. The second kappa shape index (κ2) is 6.19. The summed E-state index contributed by atoms with van der Waals surface area (Å²) in [6.07, 6.45) is 2.76. The molecule has 1 unspecified atom stereocenters. The Morgan fingerprint density at radius 3 is 2.75 bits per heavy atom. The number of fused-ring (bicyclic) bond motifs is 2. The van der Waals surface area contributed by atoms with Gasteiger partial charge in [0.05, 0.1) is 5.54 Å². The van der Waals surface area contributed by atoms with Crippen molar-refractivity contribution < 1.29 is 9.53 Å². The molecule has 0 saturated carbocycles. The van der Waals surface area contributed by atoms with Gasteiger partial charge in [-0.2, -0.15) is 0 Å². The molecule has 1 N–H and O–H groups in total. The van der Waals surface area contributed by atoms with E-state index in [9.17, 15) is 4.79 Å². The van der Waals surface area contributed by atoms with Gasteiger partial charge >= 0.3 is 6.09 Å². The Hall–Kier alpha value is -2.49. The highest BCUT2D eigenvalue weighted by Gasteiger charge is 2.47. The largest absolute Gasteiger partial charge is 0.445 e. The molecule has 1 spiro atoms. The minimum absolute atomic E-state index is 0.201. The standard InChI is InChI=1S/C20H22N2O2/c23-19(24-15-16-7-2-1-3-8-16)22-14-6-11-20(22)12-13-21-18-10-5-4-9-17(18)20/h1-5,7-10,21H,6,11-15H2. The van der Waals surface area contributed by atoms with E-state index < -0.39 is 0 Å². The lowest BCUT2D eigenvalue weighted by molar-refractivity contribution is 0.0603. The van der Waals surface area contributed by atoms with Crippen molar-refractivity contribution in [2.24, 2.45) is 0 Å². The van der Waals surface area contributed by atoms with E-state index in [4.69, 9.17) is 4.74 Å². The molecule has 0 bridgehead atoms. The topological polar surface area (TPSA) is 41.6 Å². The molecule has 0 radical (unpaired) electrons. The number of benzene rings is 2. The molecule has 4 nitrogen and oxygen atoms in total. The van der Waals surface area contributed by atoms with Crippen molar-refractivity contribution in [2.45, 2.75) is 31.4 Å². The summed E-state index contributed by atoms with van der Waals surface area (Å²) in [4.78, 5) is 14.7. The highest BCUT2D eigenvalue weighted by atomic mass is 16.6. The average Bonchev–Trinajstić information content (AvgIpc) is 3.05. The fourth-order valence-electron chi connectivity index (χ4n) is 4.06. The van der Waals surface area contributed by atoms with Crippen LogP contribution in [0.2, 0.25) is 0 Å². The second-order valence-electron chi connectivity index (χ2n) is 6.55. The number of para-hydroxylation sites is 1. The number of hydrogen-bond acceptors (Lipinski definition) is 3. The van der Waals surface area contributed by atoms with Gasteiger partial charge in [-0.25, -0.2) is 4.79 Å². The normalized spacial score (nSPS) is 22.1. The van der Waals surface area contributed by atoms with Crippen molar-refractivity contribution >= 4 is 11.8 Å². The smallest absolute Gasteiger partial charge is 0.410 e. The van der Waals surface area contributed by atoms with Gasteiger partial charge in [-0.1, -0.05) is 48.5 Å². The predicted octanol–water partition coefficient (Wildman–Crippen LogP) is 4.13. The Balaban J connectivity index is 1.56. The Bertz CT molecular complexity index is 731. The SMILES string of the molecule is O=C(OCc1ccccc1)N1CCCC12CCNc1ccccc12. The van der Waals surface area contributed by atoms with Crippen molar-refractivity contribution in [1.29, 1.82) is 0 Å². The van der Waals surface area contributed by atoms with Crippen LogP contribution in [0.4, 0.5) is 10.5 Å². The van der Waals surface area contributed by atoms with Crippen molar-refractivity contribution in [3.63, 3.8) is 0 Å². The van der Waals surface area contributed by atoms with Crippen LogP contribution in [-0.2, 0) is 16.9 Å². The predicted molar refractivity (Wildman–Crippen MR) is 93.8 cm³/mol. The summed E-state index contributed by atoms with van der Waals surface area (Å²) in [6.45, 7) is 1.98. The molecule has 1 saturated heterocycles. The zero-order valence-corrected chi connectivity index (χ0v) is 13.7. The molecule has 1 fully saturated rings. The Kier molecular flexibility index (Phi) is 3.89. The summed E-state index contributed by atoms with van der Waals surface area (Å²) in [6, 6.07) is 18.2. The van der Waals surface area contributed by atoms with Gasteiger partial charge in [0.1, 0.15) is 6.61 Å². The summed E-state index contributed by atoms with van der Waals surface area (Å²) < 4.78 is 5.62. The minimum atomic E-state index is -0.213. The lowest BCUT2D eigenvalue weighted by Gasteiger charge is -2.42. The van der Waals surface area contributed by atoms with Gasteiger partial charge in [-0.3, -0.25) is 4.90 Å². The summed E-state index contributed by atoms with van der Waals surface area (Å²) in [5, 5.41) is 3.45. The van der Waals surface area contributed by atoms with E-state index in [0.29, 0.717) is 6.61 Å². The molecule has 24 heavy (non-hydrogen) atoms. The van der Waals surface area contributed by atoms with Gasteiger partial charge in [0.15, 0.2) is 0 Å².